The Morgan fingerprint density at radius 3 is 3.27 bits per heavy atom. The van der Waals surface area contributed by atoms with Crippen LogP contribution in [0.3, 0.4) is 0 Å². The first-order valence-corrected chi connectivity index (χ1v) is 4.61. The highest BCUT2D eigenvalue weighted by molar-refractivity contribution is 8.00. The fourth-order valence-electron chi connectivity index (χ4n) is 1.11. The van der Waals surface area contributed by atoms with Crippen molar-refractivity contribution in [3.05, 3.63) is 23.8 Å². The molecule has 1 nitrogen and oxygen atoms in total. The molecule has 2 heteroatoms. The molecule has 0 saturated heterocycles. The van der Waals surface area contributed by atoms with Crippen LogP contribution in [0.1, 0.15) is 5.56 Å². The molecule has 0 N–H and O–H groups in total. The summed E-state index contributed by atoms with van der Waals surface area (Å²) in [6, 6.07) is 6.37. The molecule has 0 atom stereocenters. The lowest BCUT2D eigenvalue weighted by molar-refractivity contribution is 1.31. The summed E-state index contributed by atoms with van der Waals surface area (Å²) in [5.41, 5.74) is 2.43. The molecule has 0 fully saturated rings. The minimum Gasteiger partial charge on any atom is -0.259 e. The van der Waals surface area contributed by atoms with Gasteiger partial charge < -0.3 is 0 Å². The van der Waals surface area contributed by atoms with Gasteiger partial charge in [0.15, 0.2) is 0 Å². The summed E-state index contributed by atoms with van der Waals surface area (Å²) < 4.78 is 0. The number of hydrogen-bond donors (Lipinski definition) is 0. The molecule has 1 aliphatic heterocycles. The van der Waals surface area contributed by atoms with Crippen LogP contribution in [0, 0.1) is 6.92 Å². The summed E-state index contributed by atoms with van der Waals surface area (Å²) in [6.07, 6.45) is 1.96. The Balaban J connectivity index is 2.53. The summed E-state index contributed by atoms with van der Waals surface area (Å²) in [5.74, 6) is 1.01. The predicted octanol–water partition coefficient (Wildman–Crippen LogP) is 2.80. The highest BCUT2D eigenvalue weighted by Gasteiger charge is 2.04. The molecule has 1 aromatic carbocycles. The van der Waals surface area contributed by atoms with Gasteiger partial charge in [-0.1, -0.05) is 6.07 Å². The third kappa shape index (κ3) is 1.31. The first-order valence-electron chi connectivity index (χ1n) is 3.62. The minimum absolute atomic E-state index is 1.01. The highest BCUT2D eigenvalue weighted by Crippen LogP contribution is 2.32. The third-order valence-electron chi connectivity index (χ3n) is 1.66. The normalized spacial score (nSPS) is 14.6. The molecule has 11 heavy (non-hydrogen) atoms. The SMILES string of the molecule is Cc1ccc2c(c1)SCC=N2. The third-order valence-corrected chi connectivity index (χ3v) is 2.61. The molecule has 0 radical (unpaired) electrons. The van der Waals surface area contributed by atoms with Gasteiger partial charge >= 0.3 is 0 Å². The van der Waals surface area contributed by atoms with Gasteiger partial charge in [-0.2, -0.15) is 0 Å². The van der Waals surface area contributed by atoms with Crippen LogP contribution < -0.4 is 0 Å². The summed E-state index contributed by atoms with van der Waals surface area (Å²) >= 11 is 1.85. The van der Waals surface area contributed by atoms with Crippen LogP contribution in [0.4, 0.5) is 5.69 Å². The van der Waals surface area contributed by atoms with Gasteiger partial charge in [0.1, 0.15) is 0 Å². The molecular weight excluding hydrogens is 154 g/mol. The number of nitrogens with zero attached hydrogens (tertiary/aromatic N) is 1. The van der Waals surface area contributed by atoms with Crippen molar-refractivity contribution < 1.29 is 0 Å². The van der Waals surface area contributed by atoms with E-state index >= 15 is 0 Å². The number of benzene rings is 1. The van der Waals surface area contributed by atoms with Crippen molar-refractivity contribution >= 4 is 23.7 Å². The maximum Gasteiger partial charge on any atom is 0.0762 e. The molecule has 0 amide bonds. The molecule has 1 aromatic rings. The van der Waals surface area contributed by atoms with Crippen LogP contribution in [-0.2, 0) is 0 Å². The molecule has 0 aliphatic carbocycles. The number of aryl methyl sites for hydroxylation is 1. The lowest BCUT2D eigenvalue weighted by Gasteiger charge is -2.08. The topological polar surface area (TPSA) is 12.4 Å². The minimum atomic E-state index is 1.01. The quantitative estimate of drug-likeness (QED) is 0.573. The van der Waals surface area contributed by atoms with Crippen molar-refractivity contribution in [2.45, 2.75) is 11.8 Å². The van der Waals surface area contributed by atoms with Crippen LogP contribution in [0.15, 0.2) is 28.1 Å². The van der Waals surface area contributed by atoms with Crippen molar-refractivity contribution in [3.63, 3.8) is 0 Å². The van der Waals surface area contributed by atoms with E-state index in [4.69, 9.17) is 0 Å². The van der Waals surface area contributed by atoms with E-state index in [1.165, 1.54) is 10.5 Å². The highest BCUT2D eigenvalue weighted by atomic mass is 32.2. The second-order valence-electron chi connectivity index (χ2n) is 2.59. The number of aliphatic imine (C=N–C) groups is 1. The Morgan fingerprint density at radius 2 is 2.36 bits per heavy atom. The van der Waals surface area contributed by atoms with Crippen molar-refractivity contribution in [2.75, 3.05) is 5.75 Å². The van der Waals surface area contributed by atoms with E-state index in [-0.39, 0.29) is 0 Å². The molecule has 2 rings (SSSR count). The first-order chi connectivity index (χ1) is 5.36. The van der Waals surface area contributed by atoms with E-state index in [9.17, 15) is 0 Å². The largest absolute Gasteiger partial charge is 0.259 e. The Bertz CT molecular complexity index is 304. The number of rotatable bonds is 0. The molecule has 56 valence electrons. The van der Waals surface area contributed by atoms with E-state index in [1.54, 1.807) is 0 Å². The Labute approximate surface area is 70.5 Å². The lowest BCUT2D eigenvalue weighted by Crippen LogP contribution is -1.88. The molecule has 0 aromatic heterocycles. The molecule has 1 heterocycles. The van der Waals surface area contributed by atoms with E-state index in [1.807, 2.05) is 18.0 Å². The Morgan fingerprint density at radius 1 is 1.45 bits per heavy atom. The van der Waals surface area contributed by atoms with Crippen LogP contribution >= 0.6 is 11.8 Å². The van der Waals surface area contributed by atoms with E-state index in [0.29, 0.717) is 0 Å². The van der Waals surface area contributed by atoms with Crippen LogP contribution in [0.5, 0.6) is 0 Å². The fraction of sp³-hybridized carbons (Fsp3) is 0.222. The average molecular weight is 163 g/mol. The standard InChI is InChI=1S/C9H9NS/c1-7-2-3-8-9(6-7)11-5-4-10-8/h2-4,6H,5H2,1H3. The molecule has 0 spiro atoms. The van der Waals surface area contributed by atoms with Gasteiger partial charge in [0.25, 0.3) is 0 Å². The van der Waals surface area contributed by atoms with Gasteiger partial charge in [-0.05, 0) is 24.6 Å². The Kier molecular flexibility index (Phi) is 1.70. The number of hydrogen-bond acceptors (Lipinski definition) is 2. The zero-order valence-corrected chi connectivity index (χ0v) is 7.19. The molecule has 0 unspecified atom stereocenters. The van der Waals surface area contributed by atoms with Gasteiger partial charge in [-0.25, -0.2) is 0 Å². The molecular formula is C9H9NS. The zero-order valence-electron chi connectivity index (χ0n) is 6.37. The van der Waals surface area contributed by atoms with Crippen molar-refractivity contribution in [2.24, 2.45) is 4.99 Å². The maximum absolute atomic E-state index is 4.29. The van der Waals surface area contributed by atoms with Crippen LogP contribution in [-0.4, -0.2) is 12.0 Å². The van der Waals surface area contributed by atoms with Gasteiger partial charge in [0.2, 0.25) is 0 Å². The smallest absolute Gasteiger partial charge is 0.0762 e. The monoisotopic (exact) mass is 163 g/mol. The van der Waals surface area contributed by atoms with Gasteiger partial charge in [0, 0.05) is 16.9 Å². The molecule has 0 bridgehead atoms. The van der Waals surface area contributed by atoms with Gasteiger partial charge in [-0.3, -0.25) is 4.99 Å². The van der Waals surface area contributed by atoms with Crippen molar-refractivity contribution in [3.8, 4) is 0 Å². The van der Waals surface area contributed by atoms with Crippen molar-refractivity contribution in [1.29, 1.82) is 0 Å². The summed E-state index contributed by atoms with van der Waals surface area (Å²) in [7, 11) is 0. The lowest BCUT2D eigenvalue weighted by atomic mass is 10.2. The van der Waals surface area contributed by atoms with E-state index < -0.39 is 0 Å². The van der Waals surface area contributed by atoms with Crippen molar-refractivity contribution in [1.82, 2.24) is 0 Å². The molecule has 1 aliphatic rings. The summed E-state index contributed by atoms with van der Waals surface area (Å²) in [4.78, 5) is 5.60. The summed E-state index contributed by atoms with van der Waals surface area (Å²) in [5, 5.41) is 0. The maximum atomic E-state index is 4.29. The van der Waals surface area contributed by atoms with E-state index in [0.717, 1.165) is 11.4 Å². The van der Waals surface area contributed by atoms with Gasteiger partial charge in [-0.15, -0.1) is 11.8 Å². The second kappa shape index (κ2) is 2.70. The fourth-order valence-corrected chi connectivity index (χ4v) is 1.97. The summed E-state index contributed by atoms with van der Waals surface area (Å²) in [6.45, 7) is 2.11. The predicted molar refractivity (Wildman–Crippen MR) is 50.1 cm³/mol. The number of thioether (sulfide) groups is 1. The zero-order chi connectivity index (χ0) is 7.68. The second-order valence-corrected chi connectivity index (χ2v) is 3.66. The first kappa shape index (κ1) is 6.92. The van der Waals surface area contributed by atoms with E-state index in [2.05, 4.69) is 30.1 Å². The Hall–Kier alpha value is -0.760. The number of fused-ring (bicyclic) bond motifs is 1. The average Bonchev–Trinajstić information content (AvgIpc) is 2.04. The van der Waals surface area contributed by atoms with Gasteiger partial charge in [0.05, 0.1) is 5.69 Å². The van der Waals surface area contributed by atoms with Crippen LogP contribution in [0.25, 0.3) is 0 Å². The van der Waals surface area contributed by atoms with Crippen LogP contribution in [0.2, 0.25) is 0 Å². The molecule has 0 saturated carbocycles.